The van der Waals surface area contributed by atoms with Gasteiger partial charge in [0.2, 0.25) is 11.8 Å². The SMILES string of the molecule is CC(C)NC(=O)CN(C)C(=O)C1CCOC1. The summed E-state index contributed by atoms with van der Waals surface area (Å²) in [6.07, 6.45) is 0.759. The first-order chi connectivity index (χ1) is 7.50. The van der Waals surface area contributed by atoms with Crippen LogP contribution in [0.1, 0.15) is 20.3 Å². The van der Waals surface area contributed by atoms with E-state index in [9.17, 15) is 9.59 Å². The summed E-state index contributed by atoms with van der Waals surface area (Å²) < 4.78 is 5.15. The van der Waals surface area contributed by atoms with Crippen molar-refractivity contribution in [3.63, 3.8) is 0 Å². The molecule has 1 aliphatic heterocycles. The molecule has 1 N–H and O–H groups in total. The third-order valence-electron chi connectivity index (χ3n) is 2.49. The van der Waals surface area contributed by atoms with Gasteiger partial charge < -0.3 is 15.0 Å². The zero-order valence-electron chi connectivity index (χ0n) is 10.2. The largest absolute Gasteiger partial charge is 0.381 e. The van der Waals surface area contributed by atoms with Gasteiger partial charge in [-0.3, -0.25) is 9.59 Å². The topological polar surface area (TPSA) is 58.6 Å². The third kappa shape index (κ3) is 3.81. The Kier molecular flexibility index (Phi) is 4.73. The molecular weight excluding hydrogens is 208 g/mol. The number of carbonyl (C=O) groups excluding carboxylic acids is 2. The lowest BCUT2D eigenvalue weighted by Crippen LogP contribution is -2.42. The second-order valence-electron chi connectivity index (χ2n) is 4.48. The van der Waals surface area contributed by atoms with Crippen LogP contribution in [0.4, 0.5) is 0 Å². The van der Waals surface area contributed by atoms with Gasteiger partial charge in [0, 0.05) is 19.7 Å². The maximum Gasteiger partial charge on any atom is 0.239 e. The highest BCUT2D eigenvalue weighted by atomic mass is 16.5. The van der Waals surface area contributed by atoms with E-state index in [1.54, 1.807) is 7.05 Å². The van der Waals surface area contributed by atoms with Crippen LogP contribution in [0.5, 0.6) is 0 Å². The van der Waals surface area contributed by atoms with E-state index in [1.165, 1.54) is 4.90 Å². The number of amides is 2. The Morgan fingerprint density at radius 1 is 1.50 bits per heavy atom. The fourth-order valence-electron chi connectivity index (χ4n) is 1.70. The number of hydrogen-bond acceptors (Lipinski definition) is 3. The van der Waals surface area contributed by atoms with Gasteiger partial charge >= 0.3 is 0 Å². The van der Waals surface area contributed by atoms with E-state index in [-0.39, 0.29) is 30.3 Å². The highest BCUT2D eigenvalue weighted by Crippen LogP contribution is 2.14. The third-order valence-corrected chi connectivity index (χ3v) is 2.49. The maximum absolute atomic E-state index is 11.8. The van der Waals surface area contributed by atoms with Gasteiger partial charge in [0.25, 0.3) is 0 Å². The Labute approximate surface area is 96.1 Å². The zero-order valence-corrected chi connectivity index (χ0v) is 10.2. The van der Waals surface area contributed by atoms with Crippen LogP contribution in [0.3, 0.4) is 0 Å². The zero-order chi connectivity index (χ0) is 12.1. The Morgan fingerprint density at radius 3 is 2.69 bits per heavy atom. The average molecular weight is 228 g/mol. The molecule has 0 aliphatic carbocycles. The molecule has 1 rings (SSSR count). The highest BCUT2D eigenvalue weighted by molar-refractivity contribution is 5.85. The van der Waals surface area contributed by atoms with Crippen molar-refractivity contribution in [3.8, 4) is 0 Å². The van der Waals surface area contributed by atoms with E-state index < -0.39 is 0 Å². The average Bonchev–Trinajstić information content (AvgIpc) is 2.67. The molecule has 0 saturated carbocycles. The standard InChI is InChI=1S/C11H20N2O3/c1-8(2)12-10(14)6-13(3)11(15)9-4-5-16-7-9/h8-9H,4-7H2,1-3H3,(H,12,14). The molecule has 2 amide bonds. The molecule has 5 nitrogen and oxygen atoms in total. The van der Waals surface area contributed by atoms with E-state index in [0.29, 0.717) is 13.2 Å². The molecule has 0 aromatic carbocycles. The highest BCUT2D eigenvalue weighted by Gasteiger charge is 2.27. The Balaban J connectivity index is 2.35. The smallest absolute Gasteiger partial charge is 0.239 e. The van der Waals surface area contributed by atoms with Gasteiger partial charge in [-0.25, -0.2) is 0 Å². The molecule has 1 fully saturated rings. The monoisotopic (exact) mass is 228 g/mol. The molecule has 1 unspecified atom stereocenters. The minimum Gasteiger partial charge on any atom is -0.381 e. The minimum atomic E-state index is -0.121. The molecule has 1 atom stereocenters. The summed E-state index contributed by atoms with van der Waals surface area (Å²) in [5.74, 6) is -0.196. The molecule has 0 spiro atoms. The summed E-state index contributed by atoms with van der Waals surface area (Å²) in [5, 5.41) is 2.76. The number of nitrogens with zero attached hydrogens (tertiary/aromatic N) is 1. The lowest BCUT2D eigenvalue weighted by molar-refractivity contribution is -0.138. The molecule has 1 heterocycles. The second kappa shape index (κ2) is 5.84. The summed E-state index contributed by atoms with van der Waals surface area (Å²) in [4.78, 5) is 24.7. The van der Waals surface area contributed by atoms with Crippen molar-refractivity contribution in [3.05, 3.63) is 0 Å². The summed E-state index contributed by atoms with van der Waals surface area (Å²) in [7, 11) is 1.65. The predicted molar refractivity (Wildman–Crippen MR) is 59.8 cm³/mol. The van der Waals surface area contributed by atoms with Gasteiger partial charge in [0.15, 0.2) is 0 Å². The first-order valence-corrected chi connectivity index (χ1v) is 5.62. The summed E-state index contributed by atoms with van der Waals surface area (Å²) in [5.41, 5.74) is 0. The van der Waals surface area contributed by atoms with Crippen LogP contribution >= 0.6 is 0 Å². The number of likely N-dealkylation sites (N-methyl/N-ethyl adjacent to an activating group) is 1. The van der Waals surface area contributed by atoms with Crippen LogP contribution in [0.25, 0.3) is 0 Å². The molecule has 0 aromatic rings. The molecule has 0 bridgehead atoms. The number of carbonyl (C=O) groups is 2. The summed E-state index contributed by atoms with van der Waals surface area (Å²) in [6, 6.07) is 0.103. The fourth-order valence-corrected chi connectivity index (χ4v) is 1.70. The molecule has 92 valence electrons. The maximum atomic E-state index is 11.8. The number of nitrogens with one attached hydrogen (secondary N) is 1. The van der Waals surface area contributed by atoms with Crippen molar-refractivity contribution in [2.75, 3.05) is 26.8 Å². The van der Waals surface area contributed by atoms with Gasteiger partial charge in [0.05, 0.1) is 19.1 Å². The summed E-state index contributed by atoms with van der Waals surface area (Å²) in [6.45, 7) is 5.03. The van der Waals surface area contributed by atoms with Crippen molar-refractivity contribution in [2.24, 2.45) is 5.92 Å². The Bertz CT molecular complexity index is 260. The molecule has 5 heteroatoms. The fraction of sp³-hybridized carbons (Fsp3) is 0.818. The van der Waals surface area contributed by atoms with Crippen LogP contribution in [0, 0.1) is 5.92 Å². The van der Waals surface area contributed by atoms with Gasteiger partial charge in [-0.05, 0) is 20.3 Å². The van der Waals surface area contributed by atoms with Gasteiger partial charge in [-0.1, -0.05) is 0 Å². The van der Waals surface area contributed by atoms with E-state index >= 15 is 0 Å². The Morgan fingerprint density at radius 2 is 2.19 bits per heavy atom. The second-order valence-corrected chi connectivity index (χ2v) is 4.48. The van der Waals surface area contributed by atoms with Crippen LogP contribution in [-0.2, 0) is 14.3 Å². The Hall–Kier alpha value is -1.10. The van der Waals surface area contributed by atoms with Crippen LogP contribution in [0.15, 0.2) is 0 Å². The van der Waals surface area contributed by atoms with Crippen molar-refractivity contribution < 1.29 is 14.3 Å². The normalized spacial score (nSPS) is 19.9. The van der Waals surface area contributed by atoms with Crippen LogP contribution in [0.2, 0.25) is 0 Å². The van der Waals surface area contributed by atoms with E-state index in [4.69, 9.17) is 4.74 Å². The van der Waals surface area contributed by atoms with Gasteiger partial charge in [-0.15, -0.1) is 0 Å². The lowest BCUT2D eigenvalue weighted by atomic mass is 10.1. The molecular formula is C11H20N2O3. The summed E-state index contributed by atoms with van der Waals surface area (Å²) >= 11 is 0. The van der Waals surface area contributed by atoms with Crippen molar-refractivity contribution in [1.82, 2.24) is 10.2 Å². The van der Waals surface area contributed by atoms with Crippen LogP contribution < -0.4 is 5.32 Å². The number of ether oxygens (including phenoxy) is 1. The van der Waals surface area contributed by atoms with Gasteiger partial charge in [-0.2, -0.15) is 0 Å². The molecule has 0 radical (unpaired) electrons. The molecule has 16 heavy (non-hydrogen) atoms. The van der Waals surface area contributed by atoms with Crippen molar-refractivity contribution in [1.29, 1.82) is 0 Å². The first kappa shape index (κ1) is 13.0. The number of rotatable bonds is 4. The predicted octanol–water partition coefficient (Wildman–Crippen LogP) is 0.00590. The van der Waals surface area contributed by atoms with Crippen molar-refractivity contribution >= 4 is 11.8 Å². The first-order valence-electron chi connectivity index (χ1n) is 5.62. The van der Waals surface area contributed by atoms with E-state index in [2.05, 4.69) is 5.32 Å². The number of hydrogen-bond donors (Lipinski definition) is 1. The minimum absolute atomic E-state index is 0.00333. The molecule has 1 saturated heterocycles. The van der Waals surface area contributed by atoms with E-state index in [0.717, 1.165) is 6.42 Å². The van der Waals surface area contributed by atoms with Crippen molar-refractivity contribution in [2.45, 2.75) is 26.3 Å². The lowest BCUT2D eigenvalue weighted by Gasteiger charge is -2.20. The van der Waals surface area contributed by atoms with Crippen LogP contribution in [-0.4, -0.2) is 49.6 Å². The molecule has 0 aromatic heterocycles. The van der Waals surface area contributed by atoms with Gasteiger partial charge in [0.1, 0.15) is 0 Å². The van der Waals surface area contributed by atoms with E-state index in [1.807, 2.05) is 13.8 Å². The molecule has 1 aliphatic rings. The quantitative estimate of drug-likeness (QED) is 0.737.